The van der Waals surface area contributed by atoms with Crippen molar-refractivity contribution in [1.82, 2.24) is 20.0 Å². The third-order valence-electron chi connectivity index (χ3n) is 3.28. The highest BCUT2D eigenvalue weighted by molar-refractivity contribution is 5.20. The van der Waals surface area contributed by atoms with Crippen molar-refractivity contribution in [3.05, 3.63) is 17.5 Å². The van der Waals surface area contributed by atoms with Crippen LogP contribution in [0.25, 0.3) is 0 Å². The fourth-order valence-corrected chi connectivity index (χ4v) is 2.30. The van der Waals surface area contributed by atoms with Crippen molar-refractivity contribution in [3.63, 3.8) is 0 Å². The first-order valence-corrected chi connectivity index (χ1v) is 5.98. The summed E-state index contributed by atoms with van der Waals surface area (Å²) in [7, 11) is 0. The number of aromatic nitrogens is 2. The van der Waals surface area contributed by atoms with Gasteiger partial charge in [0.1, 0.15) is 0 Å². The zero-order valence-electron chi connectivity index (χ0n) is 9.48. The van der Waals surface area contributed by atoms with Gasteiger partial charge in [-0.3, -0.25) is 9.58 Å². The summed E-state index contributed by atoms with van der Waals surface area (Å²) in [6.45, 7) is 7.85. The van der Waals surface area contributed by atoms with Gasteiger partial charge in [-0.1, -0.05) is 0 Å². The van der Waals surface area contributed by atoms with Crippen LogP contribution in [0.3, 0.4) is 0 Å². The summed E-state index contributed by atoms with van der Waals surface area (Å²) in [6.07, 6.45) is 2.18. The van der Waals surface area contributed by atoms with Gasteiger partial charge in [0.15, 0.2) is 0 Å². The minimum absolute atomic E-state index is 0.875. The SMILES string of the molecule is c1c2c(nn1CCN1CCOCC1)CNC2. The Hall–Kier alpha value is -0.910. The Morgan fingerprint density at radius 1 is 1.25 bits per heavy atom. The number of fused-ring (bicyclic) bond motifs is 1. The van der Waals surface area contributed by atoms with E-state index in [9.17, 15) is 0 Å². The second-order valence-corrected chi connectivity index (χ2v) is 4.42. The maximum absolute atomic E-state index is 5.33. The molecule has 3 rings (SSSR count). The lowest BCUT2D eigenvalue weighted by molar-refractivity contribution is 0.0359. The largest absolute Gasteiger partial charge is 0.379 e. The third kappa shape index (κ3) is 2.11. The number of hydrogen-bond acceptors (Lipinski definition) is 4. The molecule has 0 radical (unpaired) electrons. The van der Waals surface area contributed by atoms with Gasteiger partial charge in [0.05, 0.1) is 25.5 Å². The summed E-state index contributed by atoms with van der Waals surface area (Å²) in [4.78, 5) is 2.44. The number of nitrogens with zero attached hydrogens (tertiary/aromatic N) is 3. The molecule has 1 N–H and O–H groups in total. The van der Waals surface area contributed by atoms with E-state index < -0.39 is 0 Å². The summed E-state index contributed by atoms with van der Waals surface area (Å²) < 4.78 is 7.41. The molecule has 0 aliphatic carbocycles. The zero-order chi connectivity index (χ0) is 10.8. The quantitative estimate of drug-likeness (QED) is 0.770. The number of ether oxygens (including phenoxy) is 1. The molecule has 0 amide bonds. The van der Waals surface area contributed by atoms with E-state index in [1.54, 1.807) is 0 Å². The first-order valence-electron chi connectivity index (χ1n) is 5.98. The van der Waals surface area contributed by atoms with Crippen LogP contribution in [-0.4, -0.2) is 47.5 Å². The predicted octanol–water partition coefficient (Wildman–Crippen LogP) is -0.182. The molecule has 88 valence electrons. The normalized spacial score (nSPS) is 21.2. The maximum Gasteiger partial charge on any atom is 0.0807 e. The van der Waals surface area contributed by atoms with E-state index in [1.807, 2.05) is 0 Å². The van der Waals surface area contributed by atoms with Gasteiger partial charge in [-0.25, -0.2) is 0 Å². The average Bonchev–Trinajstić information content (AvgIpc) is 2.88. The molecule has 0 atom stereocenters. The fourth-order valence-electron chi connectivity index (χ4n) is 2.30. The van der Waals surface area contributed by atoms with Crippen LogP contribution in [-0.2, 0) is 24.4 Å². The van der Waals surface area contributed by atoms with E-state index in [0.29, 0.717) is 0 Å². The highest BCUT2D eigenvalue weighted by atomic mass is 16.5. The van der Waals surface area contributed by atoms with Gasteiger partial charge in [-0.05, 0) is 0 Å². The minimum atomic E-state index is 0.875. The fraction of sp³-hybridized carbons (Fsp3) is 0.727. The van der Waals surface area contributed by atoms with Crippen molar-refractivity contribution < 1.29 is 4.74 Å². The smallest absolute Gasteiger partial charge is 0.0807 e. The molecule has 0 bridgehead atoms. The van der Waals surface area contributed by atoms with E-state index >= 15 is 0 Å². The molecule has 1 aromatic rings. The standard InChI is InChI=1S/C11H18N4O/c1(14-3-5-16-6-4-14)2-15-9-10-7-12-8-11(10)13-15/h9,12H,1-8H2. The highest BCUT2D eigenvalue weighted by Gasteiger charge is 2.15. The number of morpholine rings is 1. The van der Waals surface area contributed by atoms with E-state index in [4.69, 9.17) is 4.74 Å². The molecule has 0 saturated carbocycles. The van der Waals surface area contributed by atoms with Crippen molar-refractivity contribution in [2.75, 3.05) is 32.8 Å². The van der Waals surface area contributed by atoms with Crippen LogP contribution >= 0.6 is 0 Å². The van der Waals surface area contributed by atoms with Crippen LogP contribution in [0.15, 0.2) is 6.20 Å². The van der Waals surface area contributed by atoms with Crippen LogP contribution in [0.2, 0.25) is 0 Å². The summed E-state index contributed by atoms with van der Waals surface area (Å²) in [5.74, 6) is 0. The monoisotopic (exact) mass is 222 g/mol. The van der Waals surface area contributed by atoms with Gasteiger partial charge >= 0.3 is 0 Å². The number of nitrogens with one attached hydrogen (secondary N) is 1. The lowest BCUT2D eigenvalue weighted by Crippen LogP contribution is -2.38. The molecule has 1 aromatic heterocycles. The summed E-state index contributed by atoms with van der Waals surface area (Å²) >= 11 is 0. The molecule has 1 saturated heterocycles. The van der Waals surface area contributed by atoms with Crippen LogP contribution in [0.1, 0.15) is 11.3 Å². The van der Waals surface area contributed by atoms with Gasteiger partial charge in [-0.15, -0.1) is 0 Å². The van der Waals surface area contributed by atoms with E-state index in [1.165, 1.54) is 11.3 Å². The van der Waals surface area contributed by atoms with Crippen LogP contribution in [0.4, 0.5) is 0 Å². The van der Waals surface area contributed by atoms with Gasteiger partial charge in [-0.2, -0.15) is 5.10 Å². The van der Waals surface area contributed by atoms with Crippen molar-refractivity contribution in [2.45, 2.75) is 19.6 Å². The molecule has 0 unspecified atom stereocenters. The maximum atomic E-state index is 5.33. The van der Waals surface area contributed by atoms with Crippen molar-refractivity contribution in [3.8, 4) is 0 Å². The molecular formula is C11H18N4O. The summed E-state index contributed by atoms with van der Waals surface area (Å²) in [5, 5.41) is 7.87. The lowest BCUT2D eigenvalue weighted by atomic mass is 10.3. The highest BCUT2D eigenvalue weighted by Crippen LogP contribution is 2.12. The molecule has 5 nitrogen and oxygen atoms in total. The Balaban J connectivity index is 1.53. The molecule has 2 aliphatic heterocycles. The van der Waals surface area contributed by atoms with Gasteiger partial charge in [0.25, 0.3) is 0 Å². The molecule has 5 heteroatoms. The van der Waals surface area contributed by atoms with Crippen molar-refractivity contribution in [2.24, 2.45) is 0 Å². The first-order chi connectivity index (χ1) is 7.92. The molecule has 1 fully saturated rings. The molecule has 16 heavy (non-hydrogen) atoms. The molecule has 0 spiro atoms. The predicted molar refractivity (Wildman–Crippen MR) is 60.0 cm³/mol. The molecule has 0 aromatic carbocycles. The Morgan fingerprint density at radius 2 is 2.12 bits per heavy atom. The van der Waals surface area contributed by atoms with Crippen LogP contribution in [0, 0.1) is 0 Å². The number of rotatable bonds is 3. The van der Waals surface area contributed by atoms with E-state index in [0.717, 1.165) is 52.5 Å². The first kappa shape index (κ1) is 10.3. The second-order valence-electron chi connectivity index (χ2n) is 4.42. The van der Waals surface area contributed by atoms with Crippen LogP contribution < -0.4 is 5.32 Å². The van der Waals surface area contributed by atoms with Gasteiger partial charge in [0, 0.05) is 44.5 Å². The van der Waals surface area contributed by atoms with Crippen molar-refractivity contribution >= 4 is 0 Å². The van der Waals surface area contributed by atoms with Crippen LogP contribution in [0.5, 0.6) is 0 Å². The summed E-state index contributed by atoms with van der Waals surface area (Å²) in [6, 6.07) is 0. The number of hydrogen-bond donors (Lipinski definition) is 1. The molecule has 2 aliphatic rings. The summed E-state index contributed by atoms with van der Waals surface area (Å²) in [5.41, 5.74) is 2.59. The zero-order valence-corrected chi connectivity index (χ0v) is 9.48. The molecular weight excluding hydrogens is 204 g/mol. The second kappa shape index (κ2) is 4.53. The van der Waals surface area contributed by atoms with Gasteiger partial charge in [0.2, 0.25) is 0 Å². The van der Waals surface area contributed by atoms with E-state index in [-0.39, 0.29) is 0 Å². The topological polar surface area (TPSA) is 42.3 Å². The average molecular weight is 222 g/mol. The van der Waals surface area contributed by atoms with E-state index in [2.05, 4.69) is 26.2 Å². The third-order valence-corrected chi connectivity index (χ3v) is 3.28. The Kier molecular flexibility index (Phi) is 2.90. The Morgan fingerprint density at radius 3 is 2.94 bits per heavy atom. The molecule has 3 heterocycles. The van der Waals surface area contributed by atoms with Gasteiger partial charge < -0.3 is 10.1 Å². The Bertz CT molecular complexity index is 335. The lowest BCUT2D eigenvalue weighted by Gasteiger charge is -2.26. The Labute approximate surface area is 95.4 Å². The van der Waals surface area contributed by atoms with Crippen molar-refractivity contribution in [1.29, 1.82) is 0 Å². The minimum Gasteiger partial charge on any atom is -0.379 e.